The normalized spacial score (nSPS) is 19.3. The summed E-state index contributed by atoms with van der Waals surface area (Å²) in [6.45, 7) is 5.78. The van der Waals surface area contributed by atoms with Crippen LogP contribution < -0.4 is 0 Å². The molecule has 15 heteroatoms. The number of aromatic nitrogens is 4. The van der Waals surface area contributed by atoms with Crippen LogP contribution in [0.1, 0.15) is 54.0 Å². The van der Waals surface area contributed by atoms with Crippen LogP contribution in [0.3, 0.4) is 0 Å². The van der Waals surface area contributed by atoms with Crippen LogP contribution in [0.15, 0.2) is 72.8 Å². The van der Waals surface area contributed by atoms with Crippen molar-refractivity contribution in [1.82, 2.24) is 20.2 Å². The van der Waals surface area contributed by atoms with Crippen LogP contribution in [-0.4, -0.2) is 61.8 Å². The van der Waals surface area contributed by atoms with Gasteiger partial charge in [-0.05, 0) is 47.5 Å². The summed E-state index contributed by atoms with van der Waals surface area (Å²) in [5, 5.41) is 24.4. The number of tetrazole rings is 1. The lowest BCUT2D eigenvalue weighted by Crippen LogP contribution is -2.60. The molecule has 1 aliphatic rings. The number of ether oxygens (including phenoxy) is 1. The number of alkyl halides is 7. The van der Waals surface area contributed by atoms with Crippen LogP contribution in [0.2, 0.25) is 0 Å². The van der Waals surface area contributed by atoms with E-state index < -0.39 is 53.9 Å². The largest absolute Gasteiger partial charge is 0.416 e. The second-order valence-electron chi connectivity index (χ2n) is 12.4. The summed E-state index contributed by atoms with van der Waals surface area (Å²) in [5.41, 5.74) is -2.06. The summed E-state index contributed by atoms with van der Waals surface area (Å²) in [4.78, 5) is 13.5. The Bertz CT molecular complexity index is 1680. The quantitative estimate of drug-likeness (QED) is 0.102. The molecular formula is C35H36F7N5O3+. The predicted molar refractivity (Wildman–Crippen MR) is 167 cm³/mol. The molecule has 50 heavy (non-hydrogen) atoms. The van der Waals surface area contributed by atoms with Crippen LogP contribution in [-0.2, 0) is 40.6 Å². The fraction of sp³-hybridized carbons (Fsp3) is 0.400. The van der Waals surface area contributed by atoms with Crippen molar-refractivity contribution in [2.45, 2.75) is 63.5 Å². The van der Waals surface area contributed by atoms with Gasteiger partial charge in [0.15, 0.2) is 0 Å². The second kappa shape index (κ2) is 14.5. The van der Waals surface area contributed by atoms with Crippen molar-refractivity contribution < 1.29 is 49.9 Å². The van der Waals surface area contributed by atoms with E-state index in [4.69, 9.17) is 4.74 Å². The number of carbonyl (C=O) groups excluding carboxylic acids is 1. The van der Waals surface area contributed by atoms with E-state index in [0.717, 1.165) is 58.9 Å². The van der Waals surface area contributed by atoms with Gasteiger partial charge in [0.1, 0.15) is 18.8 Å². The van der Waals surface area contributed by atoms with Crippen molar-refractivity contribution in [1.29, 1.82) is 0 Å². The van der Waals surface area contributed by atoms with Crippen LogP contribution >= 0.6 is 0 Å². The molecule has 0 amide bonds. The minimum absolute atomic E-state index is 0.0250. The Hall–Kier alpha value is -4.37. The first-order valence-corrected chi connectivity index (χ1v) is 15.9. The average Bonchev–Trinajstić information content (AvgIpc) is 3.56. The average molecular weight is 708 g/mol. The summed E-state index contributed by atoms with van der Waals surface area (Å²) in [5.74, 6) is -0.822. The Labute approximate surface area is 284 Å². The number of aliphatic hydroxyl groups is 1. The molecule has 1 N–H and O–H groups in total. The number of hydrogen-bond acceptors (Lipinski definition) is 6. The molecule has 0 bridgehead atoms. The fourth-order valence-electron chi connectivity index (χ4n) is 6.63. The van der Waals surface area contributed by atoms with Crippen molar-refractivity contribution in [2.75, 3.05) is 19.8 Å². The molecule has 3 aromatic carbocycles. The molecule has 267 valence electrons. The first kappa shape index (κ1) is 36.9. The Balaban J connectivity index is 1.46. The molecule has 1 fully saturated rings. The van der Waals surface area contributed by atoms with Gasteiger partial charge in [-0.2, -0.15) is 31.1 Å². The molecule has 0 spiro atoms. The molecular weight excluding hydrogens is 671 g/mol. The Morgan fingerprint density at radius 3 is 1.86 bits per heavy atom. The maximum absolute atomic E-state index is 13.4. The molecule has 1 aromatic heterocycles. The molecule has 1 aliphatic heterocycles. The molecule has 4 aromatic rings. The van der Waals surface area contributed by atoms with E-state index in [2.05, 4.69) is 22.3 Å². The van der Waals surface area contributed by atoms with Gasteiger partial charge in [0.2, 0.25) is 12.1 Å². The van der Waals surface area contributed by atoms with Crippen LogP contribution in [0, 0.1) is 12.8 Å². The van der Waals surface area contributed by atoms with Crippen molar-refractivity contribution in [2.24, 2.45) is 5.92 Å². The first-order valence-electron chi connectivity index (χ1n) is 15.9. The SMILES string of the molecule is [CH2]CC(=O)OC(C)[N+]1(Cc2ccc(-c3nnn(CCF)n3)cc2)CCC(C(O)(c2ccc(C(F)(F)F)cc2)c2ccc(C(F)(F)F)cc2)CC1. The van der Waals surface area contributed by atoms with E-state index in [1.165, 1.54) is 0 Å². The summed E-state index contributed by atoms with van der Waals surface area (Å²) in [6, 6.07) is 15.3. The highest BCUT2D eigenvalue weighted by Gasteiger charge is 2.49. The Morgan fingerprint density at radius 2 is 1.40 bits per heavy atom. The Morgan fingerprint density at radius 1 is 0.900 bits per heavy atom. The molecule has 1 saturated heterocycles. The number of nitrogens with zero attached hydrogens (tertiary/aromatic N) is 5. The van der Waals surface area contributed by atoms with Gasteiger partial charge < -0.3 is 9.84 Å². The number of rotatable bonds is 11. The molecule has 2 heterocycles. The zero-order valence-electron chi connectivity index (χ0n) is 27.1. The summed E-state index contributed by atoms with van der Waals surface area (Å²) in [6.07, 6.45) is -9.44. The number of halogens is 7. The van der Waals surface area contributed by atoms with Gasteiger partial charge in [-0.3, -0.25) is 9.28 Å². The van der Waals surface area contributed by atoms with Crippen LogP contribution in [0.25, 0.3) is 11.4 Å². The smallest absolute Gasteiger partial charge is 0.413 e. The summed E-state index contributed by atoms with van der Waals surface area (Å²) < 4.78 is 99.1. The highest BCUT2D eigenvalue weighted by atomic mass is 19.4. The molecule has 1 radical (unpaired) electrons. The summed E-state index contributed by atoms with van der Waals surface area (Å²) >= 11 is 0. The lowest BCUT2D eigenvalue weighted by molar-refractivity contribution is -0.984. The number of piperidine rings is 1. The number of likely N-dealkylation sites (tertiary alicyclic amines) is 1. The van der Waals surface area contributed by atoms with Crippen molar-refractivity contribution >= 4 is 5.97 Å². The van der Waals surface area contributed by atoms with E-state index in [0.29, 0.717) is 31.0 Å². The molecule has 8 nitrogen and oxygen atoms in total. The third-order valence-corrected chi connectivity index (χ3v) is 9.47. The van der Waals surface area contributed by atoms with Gasteiger partial charge in [0.25, 0.3) is 0 Å². The maximum atomic E-state index is 13.4. The highest BCUT2D eigenvalue weighted by Crippen LogP contribution is 2.45. The standard InChI is InChI=1S/C35H36F7N5O3/c1-3-31(48)50-23(2)47(22-24-4-6-25(7-5-24)32-43-45-46(44-32)19-18-36)20-16-28(17-21-47)33(49,26-8-12-29(13-9-26)34(37,38)39)27-10-14-30(15-11-27)35(40,41)42/h4-15,23,28,49H,1,3,16-22H2,2H3/q+1. The molecule has 5 rings (SSSR count). The Kier molecular flexibility index (Phi) is 10.7. The zero-order chi connectivity index (χ0) is 36.3. The van der Waals surface area contributed by atoms with Gasteiger partial charge in [-0.1, -0.05) is 48.5 Å². The van der Waals surface area contributed by atoms with Crippen molar-refractivity contribution in [3.8, 4) is 11.4 Å². The molecule has 1 atom stereocenters. The number of aryl methyl sites for hydroxylation is 1. The van der Waals surface area contributed by atoms with Gasteiger partial charge in [-0.15, -0.1) is 10.2 Å². The lowest BCUT2D eigenvalue weighted by Gasteiger charge is -2.49. The number of benzene rings is 3. The molecule has 0 saturated carbocycles. The predicted octanol–water partition coefficient (Wildman–Crippen LogP) is 7.12. The number of carbonyl (C=O) groups is 1. The number of quaternary nitrogens is 1. The minimum atomic E-state index is -4.63. The number of esters is 1. The van der Waals surface area contributed by atoms with Crippen LogP contribution in [0.4, 0.5) is 30.7 Å². The number of hydrogen-bond donors (Lipinski definition) is 1. The minimum Gasteiger partial charge on any atom is -0.413 e. The van der Waals surface area contributed by atoms with E-state index in [1.54, 1.807) is 19.1 Å². The van der Waals surface area contributed by atoms with E-state index in [9.17, 15) is 40.6 Å². The van der Waals surface area contributed by atoms with Crippen molar-refractivity contribution in [3.05, 3.63) is 108 Å². The fourth-order valence-corrected chi connectivity index (χ4v) is 6.63. The van der Waals surface area contributed by atoms with E-state index in [-0.39, 0.29) is 41.4 Å². The van der Waals surface area contributed by atoms with Crippen molar-refractivity contribution in [3.63, 3.8) is 0 Å². The monoisotopic (exact) mass is 707 g/mol. The van der Waals surface area contributed by atoms with E-state index in [1.807, 2.05) is 12.1 Å². The first-order chi connectivity index (χ1) is 23.6. The van der Waals surface area contributed by atoms with E-state index >= 15 is 0 Å². The summed E-state index contributed by atoms with van der Waals surface area (Å²) in [7, 11) is 0. The topological polar surface area (TPSA) is 90.1 Å². The molecule has 0 aliphatic carbocycles. The zero-order valence-corrected chi connectivity index (χ0v) is 27.1. The third kappa shape index (κ3) is 7.83. The maximum Gasteiger partial charge on any atom is 0.416 e. The molecule has 1 unspecified atom stereocenters. The van der Waals surface area contributed by atoms with Crippen LogP contribution in [0.5, 0.6) is 0 Å². The highest BCUT2D eigenvalue weighted by molar-refractivity contribution is 5.69. The van der Waals surface area contributed by atoms with Gasteiger partial charge in [0, 0.05) is 43.2 Å². The van der Waals surface area contributed by atoms with Gasteiger partial charge in [0.05, 0.1) is 30.8 Å². The van der Waals surface area contributed by atoms with Gasteiger partial charge >= 0.3 is 18.3 Å². The lowest BCUT2D eigenvalue weighted by atomic mass is 9.71. The third-order valence-electron chi connectivity index (χ3n) is 9.47. The van der Waals surface area contributed by atoms with Gasteiger partial charge in [-0.25, -0.2) is 4.39 Å². The second-order valence-corrected chi connectivity index (χ2v) is 12.4.